The molecule has 0 aliphatic rings. The van der Waals surface area contributed by atoms with Gasteiger partial charge in [0, 0.05) is 0 Å². The number of methoxy groups -OCH3 is 1. The number of carbonyl (C=O) groups is 1. The van der Waals surface area contributed by atoms with Crippen LogP contribution in [0, 0.1) is 5.92 Å². The minimum Gasteiger partial charge on any atom is -0.467 e. The predicted molar refractivity (Wildman–Crippen MR) is 55.9 cm³/mol. The summed E-state index contributed by atoms with van der Waals surface area (Å²) in [7, 11) is 1.30. The van der Waals surface area contributed by atoms with Gasteiger partial charge in [-0.25, -0.2) is 4.79 Å². The summed E-state index contributed by atoms with van der Waals surface area (Å²) in [6.07, 6.45) is 4.60. The molecule has 0 rings (SSSR count). The standard InChI is InChI=1S/C11H22O3/c1-4-5-6-7-8-9(2)10(12)11(13)14-3/h9-10,12H,4-8H2,1-3H3. The van der Waals surface area contributed by atoms with Gasteiger partial charge in [-0.1, -0.05) is 39.5 Å². The van der Waals surface area contributed by atoms with E-state index < -0.39 is 12.1 Å². The Balaban J connectivity index is 3.61. The van der Waals surface area contributed by atoms with Crippen molar-refractivity contribution in [3.63, 3.8) is 0 Å². The molecule has 84 valence electrons. The second kappa shape index (κ2) is 7.80. The molecule has 0 radical (unpaired) electrons. The fourth-order valence-electron chi connectivity index (χ4n) is 1.40. The molecule has 2 unspecified atom stereocenters. The van der Waals surface area contributed by atoms with Gasteiger partial charge in [-0.05, 0) is 12.3 Å². The van der Waals surface area contributed by atoms with Crippen molar-refractivity contribution in [2.75, 3.05) is 7.11 Å². The molecule has 0 heterocycles. The molecule has 0 saturated heterocycles. The third-order valence-electron chi connectivity index (χ3n) is 2.49. The van der Waals surface area contributed by atoms with Crippen LogP contribution in [-0.2, 0) is 9.53 Å². The minimum absolute atomic E-state index is 0.000642. The molecule has 0 aromatic rings. The SMILES string of the molecule is CCCCCCC(C)C(O)C(=O)OC. The summed E-state index contributed by atoms with van der Waals surface area (Å²) in [6.45, 7) is 4.04. The zero-order chi connectivity index (χ0) is 11.0. The van der Waals surface area contributed by atoms with Gasteiger partial charge in [0.15, 0.2) is 6.10 Å². The summed E-state index contributed by atoms with van der Waals surface area (Å²) in [4.78, 5) is 11.0. The van der Waals surface area contributed by atoms with Crippen LogP contribution in [0.1, 0.15) is 46.0 Å². The molecule has 0 spiro atoms. The predicted octanol–water partition coefficient (Wildman–Crippen LogP) is 2.13. The molecular formula is C11H22O3. The van der Waals surface area contributed by atoms with Crippen molar-refractivity contribution in [2.45, 2.75) is 52.1 Å². The Hall–Kier alpha value is -0.570. The molecule has 2 atom stereocenters. The molecule has 0 aliphatic carbocycles. The lowest BCUT2D eigenvalue weighted by Crippen LogP contribution is -2.28. The first-order valence-electron chi connectivity index (χ1n) is 5.39. The van der Waals surface area contributed by atoms with Gasteiger partial charge in [-0.15, -0.1) is 0 Å². The average Bonchev–Trinajstić information content (AvgIpc) is 2.21. The molecule has 0 aromatic carbocycles. The van der Waals surface area contributed by atoms with Crippen molar-refractivity contribution in [1.29, 1.82) is 0 Å². The van der Waals surface area contributed by atoms with E-state index in [0.717, 1.165) is 12.8 Å². The molecular weight excluding hydrogens is 180 g/mol. The highest BCUT2D eigenvalue weighted by Gasteiger charge is 2.22. The summed E-state index contributed by atoms with van der Waals surface area (Å²) >= 11 is 0. The van der Waals surface area contributed by atoms with Crippen LogP contribution in [0.5, 0.6) is 0 Å². The summed E-state index contributed by atoms with van der Waals surface area (Å²) in [5, 5.41) is 9.47. The van der Waals surface area contributed by atoms with Crippen LogP contribution in [0.3, 0.4) is 0 Å². The largest absolute Gasteiger partial charge is 0.467 e. The molecule has 1 N–H and O–H groups in total. The number of hydrogen-bond acceptors (Lipinski definition) is 3. The molecule has 0 aliphatic heterocycles. The number of carbonyl (C=O) groups excluding carboxylic acids is 1. The van der Waals surface area contributed by atoms with Gasteiger partial charge in [-0.2, -0.15) is 0 Å². The van der Waals surface area contributed by atoms with E-state index in [2.05, 4.69) is 11.7 Å². The van der Waals surface area contributed by atoms with E-state index in [1.54, 1.807) is 0 Å². The highest BCUT2D eigenvalue weighted by molar-refractivity contribution is 5.74. The molecule has 0 fully saturated rings. The number of aliphatic hydroxyl groups excluding tert-OH is 1. The van der Waals surface area contributed by atoms with Crippen LogP contribution in [0.15, 0.2) is 0 Å². The highest BCUT2D eigenvalue weighted by atomic mass is 16.5. The van der Waals surface area contributed by atoms with Gasteiger partial charge < -0.3 is 9.84 Å². The second-order valence-electron chi connectivity index (χ2n) is 3.79. The molecule has 0 bridgehead atoms. The van der Waals surface area contributed by atoms with Crippen molar-refractivity contribution in [1.82, 2.24) is 0 Å². The van der Waals surface area contributed by atoms with Crippen molar-refractivity contribution in [3.8, 4) is 0 Å². The maximum absolute atomic E-state index is 11.0. The second-order valence-corrected chi connectivity index (χ2v) is 3.79. The van der Waals surface area contributed by atoms with Crippen LogP contribution in [0.2, 0.25) is 0 Å². The summed E-state index contributed by atoms with van der Waals surface area (Å²) < 4.78 is 4.47. The Morgan fingerprint density at radius 1 is 1.36 bits per heavy atom. The third-order valence-corrected chi connectivity index (χ3v) is 2.49. The first-order chi connectivity index (χ1) is 6.63. The lowest BCUT2D eigenvalue weighted by molar-refractivity contribution is -0.153. The van der Waals surface area contributed by atoms with E-state index in [1.807, 2.05) is 6.92 Å². The lowest BCUT2D eigenvalue weighted by Gasteiger charge is -2.16. The van der Waals surface area contributed by atoms with Crippen LogP contribution >= 0.6 is 0 Å². The number of ether oxygens (including phenoxy) is 1. The smallest absolute Gasteiger partial charge is 0.334 e. The van der Waals surface area contributed by atoms with E-state index >= 15 is 0 Å². The number of hydrogen-bond donors (Lipinski definition) is 1. The van der Waals surface area contributed by atoms with E-state index in [9.17, 15) is 9.90 Å². The molecule has 3 nitrogen and oxygen atoms in total. The number of unbranched alkanes of at least 4 members (excludes halogenated alkanes) is 3. The topological polar surface area (TPSA) is 46.5 Å². The summed E-state index contributed by atoms with van der Waals surface area (Å²) in [5.74, 6) is -0.521. The van der Waals surface area contributed by atoms with Crippen molar-refractivity contribution in [2.24, 2.45) is 5.92 Å². The first-order valence-corrected chi connectivity index (χ1v) is 5.39. The van der Waals surface area contributed by atoms with Crippen molar-refractivity contribution in [3.05, 3.63) is 0 Å². The zero-order valence-electron chi connectivity index (χ0n) is 9.45. The monoisotopic (exact) mass is 202 g/mol. The minimum atomic E-state index is -0.957. The summed E-state index contributed by atoms with van der Waals surface area (Å²) in [6, 6.07) is 0. The molecule has 3 heteroatoms. The fourth-order valence-corrected chi connectivity index (χ4v) is 1.40. The van der Waals surface area contributed by atoms with E-state index in [0.29, 0.717) is 0 Å². The van der Waals surface area contributed by atoms with E-state index in [4.69, 9.17) is 0 Å². The van der Waals surface area contributed by atoms with Crippen molar-refractivity contribution < 1.29 is 14.6 Å². The maximum atomic E-state index is 11.0. The summed E-state index contributed by atoms with van der Waals surface area (Å²) in [5.41, 5.74) is 0. The van der Waals surface area contributed by atoms with Gasteiger partial charge >= 0.3 is 5.97 Å². The number of aliphatic hydroxyl groups is 1. The zero-order valence-corrected chi connectivity index (χ0v) is 9.45. The average molecular weight is 202 g/mol. The Kier molecular flexibility index (Phi) is 7.48. The maximum Gasteiger partial charge on any atom is 0.334 e. The number of esters is 1. The normalized spacial score (nSPS) is 14.9. The highest BCUT2D eigenvalue weighted by Crippen LogP contribution is 2.14. The third kappa shape index (κ3) is 5.22. The molecule has 14 heavy (non-hydrogen) atoms. The molecule has 0 amide bonds. The van der Waals surface area contributed by atoms with Crippen LogP contribution in [0.4, 0.5) is 0 Å². The Morgan fingerprint density at radius 2 is 2.00 bits per heavy atom. The van der Waals surface area contributed by atoms with Crippen LogP contribution < -0.4 is 0 Å². The first kappa shape index (κ1) is 13.4. The van der Waals surface area contributed by atoms with Gasteiger partial charge in [0.05, 0.1) is 7.11 Å². The lowest BCUT2D eigenvalue weighted by atomic mass is 9.97. The van der Waals surface area contributed by atoms with Crippen molar-refractivity contribution >= 4 is 5.97 Å². The fraction of sp³-hybridized carbons (Fsp3) is 0.909. The van der Waals surface area contributed by atoms with E-state index in [1.165, 1.54) is 26.4 Å². The van der Waals surface area contributed by atoms with E-state index in [-0.39, 0.29) is 5.92 Å². The Morgan fingerprint density at radius 3 is 2.50 bits per heavy atom. The van der Waals surface area contributed by atoms with Gasteiger partial charge in [0.2, 0.25) is 0 Å². The Labute approximate surface area is 86.5 Å². The van der Waals surface area contributed by atoms with Gasteiger partial charge in [-0.3, -0.25) is 0 Å². The molecule has 0 saturated carbocycles. The van der Waals surface area contributed by atoms with Crippen LogP contribution in [0.25, 0.3) is 0 Å². The van der Waals surface area contributed by atoms with Crippen LogP contribution in [-0.4, -0.2) is 24.3 Å². The molecule has 0 aromatic heterocycles. The Bertz CT molecular complexity index is 157. The van der Waals surface area contributed by atoms with Gasteiger partial charge in [0.25, 0.3) is 0 Å². The van der Waals surface area contributed by atoms with Gasteiger partial charge in [0.1, 0.15) is 0 Å². The quantitative estimate of drug-likeness (QED) is 0.508. The number of rotatable bonds is 7.